The van der Waals surface area contributed by atoms with Gasteiger partial charge in [-0.3, -0.25) is 0 Å². The third-order valence-electron chi connectivity index (χ3n) is 2.93. The summed E-state index contributed by atoms with van der Waals surface area (Å²) in [5.74, 6) is 6.69. The highest BCUT2D eigenvalue weighted by Crippen LogP contribution is 2.25. The SMILES string of the molecule is Cc1ccc(F)c(Nc2cc(NN)nc(C(C)(C)C)n2)c1. The lowest BCUT2D eigenvalue weighted by atomic mass is 9.96. The number of nitrogens with zero attached hydrogens (tertiary/aromatic N) is 2. The van der Waals surface area contributed by atoms with E-state index in [-0.39, 0.29) is 11.2 Å². The van der Waals surface area contributed by atoms with Crippen LogP contribution in [0, 0.1) is 12.7 Å². The first kappa shape index (κ1) is 15.2. The van der Waals surface area contributed by atoms with E-state index in [0.29, 0.717) is 23.1 Å². The van der Waals surface area contributed by atoms with Crippen molar-refractivity contribution < 1.29 is 4.39 Å². The topological polar surface area (TPSA) is 75.9 Å². The van der Waals surface area contributed by atoms with Crippen LogP contribution in [0.25, 0.3) is 0 Å². The molecular formula is C15H20FN5. The summed E-state index contributed by atoms with van der Waals surface area (Å²) in [4.78, 5) is 8.76. The number of nitrogens with two attached hydrogens (primary N) is 1. The van der Waals surface area contributed by atoms with E-state index in [9.17, 15) is 4.39 Å². The average Bonchev–Trinajstić information content (AvgIpc) is 2.41. The van der Waals surface area contributed by atoms with Crippen molar-refractivity contribution in [1.29, 1.82) is 0 Å². The fourth-order valence-corrected chi connectivity index (χ4v) is 1.79. The smallest absolute Gasteiger partial charge is 0.146 e. The number of rotatable bonds is 3. The Bertz CT molecular complexity index is 649. The maximum absolute atomic E-state index is 13.8. The molecule has 0 unspecified atom stereocenters. The van der Waals surface area contributed by atoms with Crippen LogP contribution in [0.15, 0.2) is 24.3 Å². The van der Waals surface area contributed by atoms with Gasteiger partial charge in [0.25, 0.3) is 0 Å². The predicted octanol–water partition coefficient (Wildman–Crippen LogP) is 3.25. The molecule has 0 bridgehead atoms. The van der Waals surface area contributed by atoms with Crippen LogP contribution in [0.4, 0.5) is 21.7 Å². The lowest BCUT2D eigenvalue weighted by molar-refractivity contribution is 0.547. The minimum Gasteiger partial charge on any atom is -0.338 e. The molecule has 0 amide bonds. The van der Waals surface area contributed by atoms with E-state index in [0.717, 1.165) is 5.56 Å². The maximum atomic E-state index is 13.8. The highest BCUT2D eigenvalue weighted by molar-refractivity contribution is 5.60. The van der Waals surface area contributed by atoms with E-state index in [2.05, 4.69) is 20.7 Å². The van der Waals surface area contributed by atoms with Crippen molar-refractivity contribution in [2.75, 3.05) is 10.7 Å². The van der Waals surface area contributed by atoms with Crippen molar-refractivity contribution in [2.45, 2.75) is 33.1 Å². The molecule has 112 valence electrons. The normalized spacial score (nSPS) is 11.3. The lowest BCUT2D eigenvalue weighted by Crippen LogP contribution is -2.19. The first-order chi connectivity index (χ1) is 9.79. The van der Waals surface area contributed by atoms with Crippen molar-refractivity contribution in [2.24, 2.45) is 5.84 Å². The van der Waals surface area contributed by atoms with E-state index < -0.39 is 0 Å². The molecule has 21 heavy (non-hydrogen) atoms. The zero-order valence-corrected chi connectivity index (χ0v) is 12.7. The number of hydrazine groups is 1. The minimum absolute atomic E-state index is 0.242. The number of nitrogens with one attached hydrogen (secondary N) is 2. The first-order valence-corrected chi connectivity index (χ1v) is 6.69. The molecule has 0 radical (unpaired) electrons. The summed E-state index contributed by atoms with van der Waals surface area (Å²) < 4.78 is 13.8. The minimum atomic E-state index is -0.334. The predicted molar refractivity (Wildman–Crippen MR) is 83.0 cm³/mol. The number of aryl methyl sites for hydroxylation is 1. The van der Waals surface area contributed by atoms with Gasteiger partial charge in [0.15, 0.2) is 0 Å². The Hall–Kier alpha value is -2.21. The molecule has 1 aromatic carbocycles. The van der Waals surface area contributed by atoms with Gasteiger partial charge in [0, 0.05) is 11.5 Å². The summed E-state index contributed by atoms with van der Waals surface area (Å²) in [7, 11) is 0. The van der Waals surface area contributed by atoms with E-state index in [1.807, 2.05) is 27.7 Å². The molecule has 2 rings (SSSR count). The molecule has 0 aliphatic rings. The third-order valence-corrected chi connectivity index (χ3v) is 2.93. The summed E-state index contributed by atoms with van der Waals surface area (Å²) in [6, 6.07) is 6.50. The van der Waals surface area contributed by atoms with Crippen LogP contribution in [-0.4, -0.2) is 9.97 Å². The maximum Gasteiger partial charge on any atom is 0.146 e. The first-order valence-electron chi connectivity index (χ1n) is 6.69. The van der Waals surface area contributed by atoms with Gasteiger partial charge in [-0.15, -0.1) is 0 Å². The molecule has 0 aliphatic heterocycles. The molecular weight excluding hydrogens is 269 g/mol. The Kier molecular flexibility index (Phi) is 4.09. The Labute approximate surface area is 123 Å². The number of anilines is 3. The molecule has 6 heteroatoms. The van der Waals surface area contributed by atoms with Crippen LogP contribution in [0.1, 0.15) is 32.2 Å². The Balaban J connectivity index is 2.42. The van der Waals surface area contributed by atoms with E-state index in [1.54, 1.807) is 18.2 Å². The summed E-state index contributed by atoms with van der Waals surface area (Å²) >= 11 is 0. The second-order valence-corrected chi connectivity index (χ2v) is 5.96. The molecule has 1 heterocycles. The molecule has 0 spiro atoms. The zero-order chi connectivity index (χ0) is 15.6. The largest absolute Gasteiger partial charge is 0.338 e. The van der Waals surface area contributed by atoms with Crippen LogP contribution >= 0.6 is 0 Å². The highest BCUT2D eigenvalue weighted by atomic mass is 19.1. The number of nitrogen functional groups attached to an aromatic ring is 1. The van der Waals surface area contributed by atoms with Crippen LogP contribution in [-0.2, 0) is 5.41 Å². The Morgan fingerprint density at radius 1 is 1.10 bits per heavy atom. The standard InChI is InChI=1S/C15H20FN5/c1-9-5-6-10(16)11(7-9)18-12-8-13(21-17)20-14(19-12)15(2,3)4/h5-8H,17H2,1-4H3,(H2,18,19,20,21). The molecule has 0 fully saturated rings. The van der Waals surface area contributed by atoms with Crippen LogP contribution in [0.5, 0.6) is 0 Å². The van der Waals surface area contributed by atoms with E-state index in [1.165, 1.54) is 6.07 Å². The highest BCUT2D eigenvalue weighted by Gasteiger charge is 2.19. The number of benzene rings is 1. The van der Waals surface area contributed by atoms with Gasteiger partial charge >= 0.3 is 0 Å². The quantitative estimate of drug-likeness (QED) is 0.597. The van der Waals surface area contributed by atoms with Gasteiger partial charge in [-0.2, -0.15) is 0 Å². The average molecular weight is 289 g/mol. The molecule has 4 N–H and O–H groups in total. The summed E-state index contributed by atoms with van der Waals surface area (Å²) in [6.07, 6.45) is 0. The van der Waals surface area contributed by atoms with Gasteiger partial charge < -0.3 is 10.7 Å². The number of hydrogen-bond donors (Lipinski definition) is 3. The molecule has 0 saturated heterocycles. The number of halogens is 1. The number of hydrogen-bond acceptors (Lipinski definition) is 5. The van der Waals surface area contributed by atoms with Crippen molar-refractivity contribution in [3.05, 3.63) is 41.5 Å². The summed E-state index contributed by atoms with van der Waals surface area (Å²) in [5.41, 5.74) is 3.60. The van der Waals surface area contributed by atoms with Crippen LogP contribution in [0.2, 0.25) is 0 Å². The van der Waals surface area contributed by atoms with Crippen molar-refractivity contribution >= 4 is 17.3 Å². The summed E-state index contributed by atoms with van der Waals surface area (Å²) in [6.45, 7) is 7.90. The molecule has 2 aromatic rings. The van der Waals surface area contributed by atoms with E-state index in [4.69, 9.17) is 5.84 Å². The molecule has 0 atom stereocenters. The third kappa shape index (κ3) is 3.66. The van der Waals surface area contributed by atoms with E-state index >= 15 is 0 Å². The molecule has 5 nitrogen and oxygen atoms in total. The Morgan fingerprint density at radius 3 is 2.38 bits per heavy atom. The van der Waals surface area contributed by atoms with Crippen molar-refractivity contribution in [3.63, 3.8) is 0 Å². The van der Waals surface area contributed by atoms with Crippen molar-refractivity contribution in [3.8, 4) is 0 Å². The number of aromatic nitrogens is 2. The molecule has 0 saturated carbocycles. The molecule has 1 aromatic heterocycles. The van der Waals surface area contributed by atoms with Gasteiger partial charge in [-0.25, -0.2) is 20.2 Å². The van der Waals surface area contributed by atoms with Gasteiger partial charge in [-0.05, 0) is 24.6 Å². The fraction of sp³-hybridized carbons (Fsp3) is 0.333. The van der Waals surface area contributed by atoms with Gasteiger partial charge in [0.05, 0.1) is 5.69 Å². The van der Waals surface area contributed by atoms with Crippen molar-refractivity contribution in [1.82, 2.24) is 9.97 Å². The monoisotopic (exact) mass is 289 g/mol. The lowest BCUT2D eigenvalue weighted by Gasteiger charge is -2.19. The summed E-state index contributed by atoms with van der Waals surface area (Å²) in [5, 5.41) is 2.98. The molecule has 0 aliphatic carbocycles. The van der Waals surface area contributed by atoms with Gasteiger partial charge in [0.1, 0.15) is 23.3 Å². The van der Waals surface area contributed by atoms with Gasteiger partial charge in [-0.1, -0.05) is 26.8 Å². The second-order valence-electron chi connectivity index (χ2n) is 5.96. The zero-order valence-electron chi connectivity index (χ0n) is 12.7. The van der Waals surface area contributed by atoms with Crippen LogP contribution in [0.3, 0.4) is 0 Å². The van der Waals surface area contributed by atoms with Crippen LogP contribution < -0.4 is 16.6 Å². The van der Waals surface area contributed by atoms with Gasteiger partial charge in [0.2, 0.25) is 0 Å². The second kappa shape index (κ2) is 5.65. The fourth-order valence-electron chi connectivity index (χ4n) is 1.79. The Morgan fingerprint density at radius 2 is 1.76 bits per heavy atom.